The summed E-state index contributed by atoms with van der Waals surface area (Å²) in [6.07, 6.45) is -4.56. The van der Waals surface area contributed by atoms with Crippen molar-refractivity contribution in [2.75, 3.05) is 52.9 Å². The monoisotopic (exact) mass is 471 g/mol. The first-order valence-corrected chi connectivity index (χ1v) is 10.8. The van der Waals surface area contributed by atoms with Gasteiger partial charge >= 0.3 is 6.18 Å². The largest absolute Gasteiger partial charge is 0.491 e. The highest BCUT2D eigenvalue weighted by molar-refractivity contribution is 7.21. The number of halogens is 3. The number of aliphatic hydroxyl groups excluding tert-OH is 1. The van der Waals surface area contributed by atoms with E-state index in [-0.39, 0.29) is 38.8 Å². The molecule has 32 heavy (non-hydrogen) atoms. The number of fused-ring (bicyclic) bond motifs is 1. The molecule has 2 aromatic carbocycles. The van der Waals surface area contributed by atoms with Crippen LogP contribution in [0.2, 0.25) is 0 Å². The number of rotatable bonds is 13. The van der Waals surface area contributed by atoms with Crippen LogP contribution in [-0.2, 0) is 20.4 Å². The average molecular weight is 471 g/mol. The van der Waals surface area contributed by atoms with Gasteiger partial charge in [-0.15, -0.1) is 11.3 Å². The number of thiazole rings is 1. The smallest absolute Gasteiger partial charge is 0.419 e. The van der Waals surface area contributed by atoms with Crippen LogP contribution in [0.15, 0.2) is 42.5 Å². The molecule has 0 aliphatic heterocycles. The molecule has 3 aromatic rings. The molecule has 1 aromatic heterocycles. The summed E-state index contributed by atoms with van der Waals surface area (Å²) in [7, 11) is 0. The van der Waals surface area contributed by atoms with E-state index in [1.807, 2.05) is 24.3 Å². The number of nitrogens with zero attached hydrogens (tertiary/aromatic N) is 1. The molecule has 1 heterocycles. The van der Waals surface area contributed by atoms with E-state index in [0.29, 0.717) is 30.4 Å². The zero-order valence-electron chi connectivity index (χ0n) is 17.3. The van der Waals surface area contributed by atoms with Crippen LogP contribution in [0.5, 0.6) is 5.75 Å². The molecule has 0 unspecified atom stereocenters. The molecule has 0 saturated carbocycles. The Kier molecular flexibility index (Phi) is 9.24. The Bertz CT molecular complexity index is 947. The highest BCUT2D eigenvalue weighted by Gasteiger charge is 2.35. The van der Waals surface area contributed by atoms with E-state index in [9.17, 15) is 13.2 Å². The molecule has 0 aliphatic carbocycles. The van der Waals surface area contributed by atoms with Crippen molar-refractivity contribution < 1.29 is 37.2 Å². The maximum atomic E-state index is 13.6. The summed E-state index contributed by atoms with van der Waals surface area (Å²) in [5, 5.41) is 9.09. The molecular weight excluding hydrogens is 447 g/mol. The summed E-state index contributed by atoms with van der Waals surface area (Å²) in [6, 6.07) is 11.4. The van der Waals surface area contributed by atoms with Crippen LogP contribution >= 0.6 is 11.3 Å². The molecule has 0 spiro atoms. The molecule has 0 amide bonds. The Morgan fingerprint density at radius 3 is 2.16 bits per heavy atom. The molecule has 0 atom stereocenters. The lowest BCUT2D eigenvalue weighted by Gasteiger charge is -2.15. The zero-order valence-corrected chi connectivity index (χ0v) is 18.1. The van der Waals surface area contributed by atoms with E-state index in [4.69, 9.17) is 24.1 Å². The molecular formula is C22H24F3NO5S. The lowest BCUT2D eigenvalue weighted by Crippen LogP contribution is -2.15. The maximum absolute atomic E-state index is 13.6. The number of hydrogen-bond donors (Lipinski definition) is 1. The predicted molar refractivity (Wildman–Crippen MR) is 115 cm³/mol. The maximum Gasteiger partial charge on any atom is 0.419 e. The van der Waals surface area contributed by atoms with Crippen molar-refractivity contribution in [1.82, 2.24) is 4.98 Å². The van der Waals surface area contributed by atoms with Crippen LogP contribution in [0.1, 0.15) is 5.56 Å². The lowest BCUT2D eigenvalue weighted by atomic mass is 10.1. The van der Waals surface area contributed by atoms with Crippen molar-refractivity contribution in [1.29, 1.82) is 0 Å². The van der Waals surface area contributed by atoms with Gasteiger partial charge in [-0.3, -0.25) is 0 Å². The first-order valence-electron chi connectivity index (χ1n) is 10.0. The van der Waals surface area contributed by atoms with E-state index >= 15 is 0 Å². The SMILES string of the molecule is OCCOCCOCCOCCOc1ccc(-c2nc3ccccc3s2)cc1C(F)(F)F. The van der Waals surface area contributed by atoms with Crippen molar-refractivity contribution in [2.24, 2.45) is 0 Å². The highest BCUT2D eigenvalue weighted by atomic mass is 32.1. The fourth-order valence-electron chi connectivity index (χ4n) is 2.82. The molecule has 0 radical (unpaired) electrons. The Morgan fingerprint density at radius 2 is 1.50 bits per heavy atom. The van der Waals surface area contributed by atoms with Gasteiger partial charge in [0.2, 0.25) is 0 Å². The van der Waals surface area contributed by atoms with Crippen molar-refractivity contribution in [3.8, 4) is 16.3 Å². The summed E-state index contributed by atoms with van der Waals surface area (Å²) in [5.41, 5.74) is 0.294. The van der Waals surface area contributed by atoms with Crippen molar-refractivity contribution in [3.05, 3.63) is 48.0 Å². The van der Waals surface area contributed by atoms with Crippen LogP contribution < -0.4 is 4.74 Å². The van der Waals surface area contributed by atoms with Crippen LogP contribution in [0.25, 0.3) is 20.8 Å². The summed E-state index contributed by atoms with van der Waals surface area (Å²) >= 11 is 1.34. The molecule has 10 heteroatoms. The van der Waals surface area contributed by atoms with Gasteiger partial charge in [-0.1, -0.05) is 12.1 Å². The molecule has 0 fully saturated rings. The predicted octanol–water partition coefficient (Wildman–Crippen LogP) is 4.40. The Hall–Kier alpha value is -2.24. The molecule has 6 nitrogen and oxygen atoms in total. The third-order valence-corrected chi connectivity index (χ3v) is 5.38. The number of benzene rings is 2. The fourth-order valence-corrected chi connectivity index (χ4v) is 3.79. The third-order valence-electron chi connectivity index (χ3n) is 4.29. The molecule has 174 valence electrons. The Balaban J connectivity index is 1.51. The van der Waals surface area contributed by atoms with E-state index in [0.717, 1.165) is 16.3 Å². The molecule has 1 N–H and O–H groups in total. The standard InChI is InChI=1S/C22H24F3NO5S/c23-22(24,25)17-15-16(21-26-18-3-1-2-4-20(18)32-21)5-6-19(17)31-14-13-30-12-11-29-10-9-28-8-7-27/h1-6,15,27H,7-14H2. The minimum absolute atomic E-state index is 0.0246. The lowest BCUT2D eigenvalue weighted by molar-refractivity contribution is -0.139. The van der Waals surface area contributed by atoms with Gasteiger partial charge in [-0.25, -0.2) is 4.98 Å². The number of aromatic nitrogens is 1. The van der Waals surface area contributed by atoms with Gasteiger partial charge in [0.15, 0.2) is 0 Å². The van der Waals surface area contributed by atoms with Gasteiger partial charge in [-0.2, -0.15) is 13.2 Å². The number of ether oxygens (including phenoxy) is 4. The summed E-state index contributed by atoms with van der Waals surface area (Å²) in [5.74, 6) is -0.247. The van der Waals surface area contributed by atoms with Crippen molar-refractivity contribution in [2.45, 2.75) is 6.18 Å². The van der Waals surface area contributed by atoms with E-state index in [2.05, 4.69) is 4.98 Å². The summed E-state index contributed by atoms with van der Waals surface area (Å²) in [6.45, 7) is 1.68. The first kappa shape index (κ1) is 24.4. The third kappa shape index (κ3) is 7.14. The first-order chi connectivity index (χ1) is 15.5. The van der Waals surface area contributed by atoms with Crippen molar-refractivity contribution >= 4 is 21.6 Å². The number of aliphatic hydroxyl groups is 1. The van der Waals surface area contributed by atoms with Gasteiger partial charge in [0.25, 0.3) is 0 Å². The quantitative estimate of drug-likeness (QED) is 0.373. The fraction of sp³-hybridized carbons (Fsp3) is 0.409. The van der Waals surface area contributed by atoms with Crippen LogP contribution in [0, 0.1) is 0 Å². The van der Waals surface area contributed by atoms with Gasteiger partial charge < -0.3 is 24.1 Å². The highest BCUT2D eigenvalue weighted by Crippen LogP contribution is 2.40. The molecule has 0 aliphatic rings. The van der Waals surface area contributed by atoms with Crippen LogP contribution in [0.4, 0.5) is 13.2 Å². The van der Waals surface area contributed by atoms with E-state index < -0.39 is 11.7 Å². The second-order valence-electron chi connectivity index (χ2n) is 6.60. The van der Waals surface area contributed by atoms with Gasteiger partial charge in [-0.05, 0) is 30.3 Å². The summed E-state index contributed by atoms with van der Waals surface area (Å²) < 4.78 is 62.7. The zero-order chi connectivity index (χ0) is 22.8. The summed E-state index contributed by atoms with van der Waals surface area (Å²) in [4.78, 5) is 4.43. The Labute approximate surface area is 187 Å². The minimum Gasteiger partial charge on any atom is -0.491 e. The van der Waals surface area contributed by atoms with Crippen molar-refractivity contribution in [3.63, 3.8) is 0 Å². The molecule has 0 bridgehead atoms. The van der Waals surface area contributed by atoms with Crippen LogP contribution in [-0.4, -0.2) is 62.9 Å². The van der Waals surface area contributed by atoms with E-state index in [1.54, 1.807) is 6.07 Å². The number of para-hydroxylation sites is 1. The number of alkyl halides is 3. The Morgan fingerprint density at radius 1 is 0.844 bits per heavy atom. The number of hydrogen-bond acceptors (Lipinski definition) is 7. The normalized spacial score (nSPS) is 11.9. The second kappa shape index (κ2) is 12.1. The van der Waals surface area contributed by atoms with Gasteiger partial charge in [0, 0.05) is 5.56 Å². The van der Waals surface area contributed by atoms with E-state index in [1.165, 1.54) is 17.4 Å². The van der Waals surface area contributed by atoms with Crippen LogP contribution in [0.3, 0.4) is 0 Å². The molecule has 0 saturated heterocycles. The second-order valence-corrected chi connectivity index (χ2v) is 7.64. The van der Waals surface area contributed by atoms with Gasteiger partial charge in [0.05, 0.1) is 62.0 Å². The molecule has 3 rings (SSSR count). The minimum atomic E-state index is -4.56. The van der Waals surface area contributed by atoms with Gasteiger partial charge in [0.1, 0.15) is 17.4 Å². The average Bonchev–Trinajstić information content (AvgIpc) is 3.21. The topological polar surface area (TPSA) is 70.0 Å².